The van der Waals surface area contributed by atoms with Gasteiger partial charge in [0.1, 0.15) is 11.6 Å². The van der Waals surface area contributed by atoms with Gasteiger partial charge in [-0.05, 0) is 29.5 Å². The highest BCUT2D eigenvalue weighted by Gasteiger charge is 2.18. The van der Waals surface area contributed by atoms with Crippen molar-refractivity contribution in [1.82, 2.24) is 0 Å². The maximum Gasteiger partial charge on any atom is 0.138 e. The molecular weight excluding hydrogens is 229 g/mol. The second kappa shape index (κ2) is 6.10. The third kappa shape index (κ3) is 5.92. The minimum Gasteiger partial charge on any atom is -0.327 e. The predicted octanol–water partition coefficient (Wildman–Crippen LogP) is 3.09. The van der Waals surface area contributed by atoms with E-state index in [1.54, 1.807) is 12.1 Å². The van der Waals surface area contributed by atoms with E-state index in [-0.39, 0.29) is 29.5 Å². The number of hydrogen-bond acceptors (Lipinski definition) is 2. The molecule has 1 unspecified atom stereocenters. The highest BCUT2D eigenvalue weighted by molar-refractivity contribution is 5.81. The molecule has 1 rings (SSSR count). The molecule has 0 bridgehead atoms. The van der Waals surface area contributed by atoms with E-state index < -0.39 is 0 Å². The van der Waals surface area contributed by atoms with Crippen LogP contribution in [0.25, 0.3) is 0 Å². The van der Waals surface area contributed by atoms with E-state index in [4.69, 9.17) is 5.73 Å². The number of ketones is 1. The minimum absolute atomic E-state index is 0.0670. The molecule has 0 saturated carbocycles. The van der Waals surface area contributed by atoms with Crippen molar-refractivity contribution in [3.05, 3.63) is 35.6 Å². The van der Waals surface area contributed by atoms with Crippen LogP contribution in [0.1, 0.15) is 39.2 Å². The summed E-state index contributed by atoms with van der Waals surface area (Å²) in [6, 6.07) is 6.03. The number of hydrogen-bond donors (Lipinski definition) is 1. The fourth-order valence-corrected chi connectivity index (χ4v) is 2.10. The fourth-order valence-electron chi connectivity index (χ4n) is 2.10. The third-order valence-corrected chi connectivity index (χ3v) is 2.65. The van der Waals surface area contributed by atoms with E-state index in [0.29, 0.717) is 12.0 Å². The molecule has 0 heterocycles. The molecule has 18 heavy (non-hydrogen) atoms. The lowest BCUT2D eigenvalue weighted by atomic mass is 9.86. The van der Waals surface area contributed by atoms with Gasteiger partial charge in [-0.25, -0.2) is 4.39 Å². The summed E-state index contributed by atoms with van der Waals surface area (Å²) in [4.78, 5) is 11.8. The van der Waals surface area contributed by atoms with Gasteiger partial charge in [0.25, 0.3) is 0 Å². The van der Waals surface area contributed by atoms with Gasteiger partial charge in [-0.1, -0.05) is 32.9 Å². The van der Waals surface area contributed by atoms with Crippen LogP contribution < -0.4 is 5.73 Å². The average Bonchev–Trinajstić information content (AvgIpc) is 2.13. The highest BCUT2D eigenvalue weighted by Crippen LogP contribution is 2.21. The first-order chi connectivity index (χ1) is 8.26. The lowest BCUT2D eigenvalue weighted by molar-refractivity contribution is -0.118. The Morgan fingerprint density at radius 2 is 2.06 bits per heavy atom. The van der Waals surface area contributed by atoms with Crippen LogP contribution >= 0.6 is 0 Å². The molecule has 0 radical (unpaired) electrons. The summed E-state index contributed by atoms with van der Waals surface area (Å²) in [5.41, 5.74) is 6.78. The highest BCUT2D eigenvalue weighted by atomic mass is 19.1. The van der Waals surface area contributed by atoms with Gasteiger partial charge in [0.15, 0.2) is 0 Å². The molecule has 3 heteroatoms. The van der Waals surface area contributed by atoms with Crippen molar-refractivity contribution >= 4 is 5.78 Å². The molecule has 2 N–H and O–H groups in total. The molecule has 1 aromatic carbocycles. The van der Waals surface area contributed by atoms with Crippen LogP contribution in [0.15, 0.2) is 24.3 Å². The molecule has 1 aromatic rings. The molecule has 0 aliphatic carbocycles. The van der Waals surface area contributed by atoms with Crippen molar-refractivity contribution in [1.29, 1.82) is 0 Å². The molecule has 0 aliphatic heterocycles. The molecule has 0 aromatic heterocycles. The largest absolute Gasteiger partial charge is 0.327 e. The SMILES string of the molecule is CC(C)(C)CC(N)CC(=O)Cc1cccc(F)c1. The number of Topliss-reactive ketones (excluding diaryl/α,β-unsaturated/α-hetero) is 1. The Morgan fingerprint density at radius 1 is 1.39 bits per heavy atom. The summed E-state index contributed by atoms with van der Waals surface area (Å²) in [5, 5.41) is 0. The normalized spacial score (nSPS) is 13.4. The molecule has 0 amide bonds. The Bertz CT molecular complexity index is 409. The average molecular weight is 251 g/mol. The van der Waals surface area contributed by atoms with E-state index in [0.717, 1.165) is 6.42 Å². The van der Waals surface area contributed by atoms with Gasteiger partial charge < -0.3 is 5.73 Å². The zero-order valence-corrected chi connectivity index (χ0v) is 11.4. The summed E-state index contributed by atoms with van der Waals surface area (Å²) in [6.45, 7) is 6.30. The van der Waals surface area contributed by atoms with E-state index in [2.05, 4.69) is 20.8 Å². The van der Waals surface area contributed by atoms with Gasteiger partial charge >= 0.3 is 0 Å². The lowest BCUT2D eigenvalue weighted by Gasteiger charge is -2.22. The van der Waals surface area contributed by atoms with Crippen molar-refractivity contribution in [3.63, 3.8) is 0 Å². The van der Waals surface area contributed by atoms with Crippen LogP contribution in [0.3, 0.4) is 0 Å². The Kier molecular flexibility index (Phi) is 5.03. The first-order valence-electron chi connectivity index (χ1n) is 6.28. The first-order valence-corrected chi connectivity index (χ1v) is 6.28. The standard InChI is InChI=1S/C15H22FNO/c1-15(2,3)10-13(17)9-14(18)8-11-5-4-6-12(16)7-11/h4-7,13H,8-10,17H2,1-3H3. The van der Waals surface area contributed by atoms with E-state index >= 15 is 0 Å². The van der Waals surface area contributed by atoms with Gasteiger partial charge in [-0.15, -0.1) is 0 Å². The van der Waals surface area contributed by atoms with Crippen LogP contribution in [0.2, 0.25) is 0 Å². The van der Waals surface area contributed by atoms with Crippen LogP contribution in [0.5, 0.6) is 0 Å². The van der Waals surface area contributed by atoms with Gasteiger partial charge in [0.05, 0.1) is 0 Å². The second-order valence-corrected chi connectivity index (χ2v) is 6.07. The molecule has 100 valence electrons. The summed E-state index contributed by atoms with van der Waals surface area (Å²) >= 11 is 0. The third-order valence-electron chi connectivity index (χ3n) is 2.65. The van der Waals surface area contributed by atoms with Crippen molar-refractivity contribution in [2.24, 2.45) is 11.1 Å². The van der Waals surface area contributed by atoms with Crippen LogP contribution in [-0.2, 0) is 11.2 Å². The monoisotopic (exact) mass is 251 g/mol. The van der Waals surface area contributed by atoms with Crippen molar-refractivity contribution in [2.75, 3.05) is 0 Å². The maximum atomic E-state index is 13.0. The second-order valence-electron chi connectivity index (χ2n) is 6.07. The maximum absolute atomic E-state index is 13.0. The van der Waals surface area contributed by atoms with Crippen LogP contribution in [-0.4, -0.2) is 11.8 Å². The van der Waals surface area contributed by atoms with Crippen LogP contribution in [0.4, 0.5) is 4.39 Å². The molecule has 1 atom stereocenters. The predicted molar refractivity (Wildman–Crippen MR) is 71.8 cm³/mol. The molecule has 0 fully saturated rings. The molecule has 0 saturated heterocycles. The Hall–Kier alpha value is -1.22. The number of carbonyl (C=O) groups excluding carboxylic acids is 1. The van der Waals surface area contributed by atoms with E-state index in [1.165, 1.54) is 12.1 Å². The van der Waals surface area contributed by atoms with Crippen molar-refractivity contribution in [2.45, 2.75) is 46.1 Å². The zero-order valence-electron chi connectivity index (χ0n) is 11.4. The van der Waals surface area contributed by atoms with E-state index in [9.17, 15) is 9.18 Å². The number of rotatable bonds is 5. The van der Waals surface area contributed by atoms with E-state index in [1.807, 2.05) is 0 Å². The minimum atomic E-state index is -0.306. The van der Waals surface area contributed by atoms with Gasteiger partial charge in [0.2, 0.25) is 0 Å². The summed E-state index contributed by atoms with van der Waals surface area (Å²) in [5.74, 6) is -0.239. The van der Waals surface area contributed by atoms with Crippen molar-refractivity contribution < 1.29 is 9.18 Å². The van der Waals surface area contributed by atoms with Gasteiger partial charge in [-0.3, -0.25) is 4.79 Å². The number of benzene rings is 1. The van der Waals surface area contributed by atoms with Gasteiger partial charge in [0, 0.05) is 18.9 Å². The summed E-state index contributed by atoms with van der Waals surface area (Å²) in [7, 11) is 0. The molecule has 0 aliphatic rings. The summed E-state index contributed by atoms with van der Waals surface area (Å²) in [6.07, 6.45) is 1.42. The molecule has 2 nitrogen and oxygen atoms in total. The topological polar surface area (TPSA) is 43.1 Å². The quantitative estimate of drug-likeness (QED) is 0.873. The zero-order chi connectivity index (χ0) is 13.8. The van der Waals surface area contributed by atoms with Crippen molar-refractivity contribution in [3.8, 4) is 0 Å². The molecule has 0 spiro atoms. The van der Waals surface area contributed by atoms with Crippen LogP contribution in [0, 0.1) is 11.2 Å². The number of nitrogens with two attached hydrogens (primary N) is 1. The Morgan fingerprint density at radius 3 is 2.61 bits per heavy atom. The number of carbonyl (C=O) groups is 1. The molecular formula is C15H22FNO. The Balaban J connectivity index is 2.47. The lowest BCUT2D eigenvalue weighted by Crippen LogP contribution is -2.29. The number of halogens is 1. The van der Waals surface area contributed by atoms with Gasteiger partial charge in [-0.2, -0.15) is 0 Å². The smallest absolute Gasteiger partial charge is 0.138 e. The first kappa shape index (κ1) is 14.8. The Labute approximate surface area is 108 Å². The fraction of sp³-hybridized carbons (Fsp3) is 0.533. The summed E-state index contributed by atoms with van der Waals surface area (Å²) < 4.78 is 13.0.